The van der Waals surface area contributed by atoms with Crippen LogP contribution in [0.2, 0.25) is 0 Å². The topological polar surface area (TPSA) is 79.5 Å². The molecule has 128 valence electrons. The number of hydrogen-bond acceptors (Lipinski definition) is 3. The number of hydrogen-bond donors (Lipinski definition) is 2. The van der Waals surface area contributed by atoms with Crippen LogP contribution >= 0.6 is 0 Å². The average Bonchev–Trinajstić information content (AvgIpc) is 2.92. The first-order valence-electron chi connectivity index (χ1n) is 6.98. The van der Waals surface area contributed by atoms with E-state index in [1.54, 1.807) is 6.92 Å². The van der Waals surface area contributed by atoms with E-state index in [0.717, 1.165) is 12.1 Å². The second-order valence-electron chi connectivity index (χ2n) is 5.09. The van der Waals surface area contributed by atoms with E-state index in [1.165, 1.54) is 19.1 Å². The number of amides is 1. The quantitative estimate of drug-likeness (QED) is 0.877. The molecule has 0 saturated heterocycles. The Morgan fingerprint density at radius 1 is 1.25 bits per heavy atom. The summed E-state index contributed by atoms with van der Waals surface area (Å²) < 4.78 is 43.8. The highest BCUT2D eigenvalue weighted by molar-refractivity contribution is 6.04. The summed E-state index contributed by atoms with van der Waals surface area (Å²) in [5.74, 6) is -2.23. The molecule has 0 aliphatic carbocycles. The Hall–Kier alpha value is -2.77. The van der Waals surface area contributed by atoms with E-state index in [0.29, 0.717) is 0 Å². The molecule has 5 nitrogen and oxygen atoms in total. The summed E-state index contributed by atoms with van der Waals surface area (Å²) in [5, 5.41) is 11.3. The van der Waals surface area contributed by atoms with Crippen molar-refractivity contribution in [2.45, 2.75) is 26.4 Å². The van der Waals surface area contributed by atoms with E-state index in [2.05, 4.69) is 5.32 Å². The Bertz CT molecular complexity index is 793. The summed E-state index contributed by atoms with van der Waals surface area (Å²) in [6.45, 7) is 2.97. The maximum atomic E-state index is 12.9. The van der Waals surface area contributed by atoms with Gasteiger partial charge in [-0.05, 0) is 24.6 Å². The predicted octanol–water partition coefficient (Wildman–Crippen LogP) is 4.12. The van der Waals surface area contributed by atoms with E-state index in [1.807, 2.05) is 0 Å². The number of carboxylic acid groups (broad SMARTS) is 1. The van der Waals surface area contributed by atoms with Gasteiger partial charge in [0.15, 0.2) is 5.76 Å². The zero-order valence-corrected chi connectivity index (χ0v) is 12.8. The predicted molar refractivity (Wildman–Crippen MR) is 79.2 cm³/mol. The number of carboxylic acids is 1. The third-order valence-electron chi connectivity index (χ3n) is 3.39. The summed E-state index contributed by atoms with van der Waals surface area (Å²) in [4.78, 5) is 23.1. The normalized spacial score (nSPS) is 11.4. The third-order valence-corrected chi connectivity index (χ3v) is 3.39. The van der Waals surface area contributed by atoms with Gasteiger partial charge in [0.25, 0.3) is 5.91 Å². The number of alkyl halides is 3. The van der Waals surface area contributed by atoms with Crippen LogP contribution < -0.4 is 5.32 Å². The maximum absolute atomic E-state index is 12.9. The van der Waals surface area contributed by atoms with E-state index in [9.17, 15) is 22.8 Å². The fourth-order valence-corrected chi connectivity index (χ4v) is 2.18. The van der Waals surface area contributed by atoms with Crippen molar-refractivity contribution in [3.63, 3.8) is 0 Å². The SMILES string of the molecule is CCc1oc(C(=O)Nc2ccc(C)c(C(F)(F)F)c2)cc1C(=O)O. The molecule has 0 spiro atoms. The Morgan fingerprint density at radius 2 is 1.92 bits per heavy atom. The van der Waals surface area contributed by atoms with Gasteiger partial charge in [-0.15, -0.1) is 0 Å². The van der Waals surface area contributed by atoms with Gasteiger partial charge < -0.3 is 14.8 Å². The van der Waals surface area contributed by atoms with Crippen LogP contribution in [0.4, 0.5) is 18.9 Å². The molecule has 1 aromatic heterocycles. The maximum Gasteiger partial charge on any atom is 0.416 e. The molecule has 2 aromatic rings. The number of aromatic carboxylic acids is 1. The van der Waals surface area contributed by atoms with Gasteiger partial charge in [-0.25, -0.2) is 4.79 Å². The molecule has 0 aliphatic heterocycles. The van der Waals surface area contributed by atoms with Crippen molar-refractivity contribution in [2.24, 2.45) is 0 Å². The Morgan fingerprint density at radius 3 is 2.42 bits per heavy atom. The van der Waals surface area contributed by atoms with Gasteiger partial charge in [-0.3, -0.25) is 4.79 Å². The fourth-order valence-electron chi connectivity index (χ4n) is 2.18. The minimum absolute atomic E-state index is 0.0277. The van der Waals surface area contributed by atoms with Gasteiger partial charge in [0, 0.05) is 18.2 Å². The Labute approximate surface area is 135 Å². The average molecular weight is 341 g/mol. The van der Waals surface area contributed by atoms with Crippen molar-refractivity contribution >= 4 is 17.6 Å². The molecule has 1 aromatic carbocycles. The lowest BCUT2D eigenvalue weighted by Crippen LogP contribution is -2.13. The lowest BCUT2D eigenvalue weighted by atomic mass is 10.1. The van der Waals surface area contributed by atoms with Crippen molar-refractivity contribution in [1.82, 2.24) is 0 Å². The van der Waals surface area contributed by atoms with Crippen molar-refractivity contribution in [3.05, 3.63) is 52.5 Å². The van der Waals surface area contributed by atoms with Crippen molar-refractivity contribution in [3.8, 4) is 0 Å². The third kappa shape index (κ3) is 3.58. The molecule has 1 amide bonds. The number of benzene rings is 1. The first-order chi connectivity index (χ1) is 11.1. The molecule has 0 atom stereocenters. The van der Waals surface area contributed by atoms with Crippen LogP contribution in [-0.2, 0) is 12.6 Å². The summed E-state index contributed by atoms with van der Waals surface area (Å²) in [7, 11) is 0. The molecular weight excluding hydrogens is 327 g/mol. The molecule has 24 heavy (non-hydrogen) atoms. The van der Waals surface area contributed by atoms with Gasteiger partial charge in [0.05, 0.1) is 5.56 Å². The lowest BCUT2D eigenvalue weighted by molar-refractivity contribution is -0.138. The van der Waals surface area contributed by atoms with E-state index < -0.39 is 23.6 Å². The zero-order chi connectivity index (χ0) is 18.1. The van der Waals surface area contributed by atoms with Crippen LogP contribution in [0.25, 0.3) is 0 Å². The second kappa shape index (κ2) is 6.38. The van der Waals surface area contributed by atoms with Crippen LogP contribution in [0.5, 0.6) is 0 Å². The number of rotatable bonds is 4. The summed E-state index contributed by atoms with van der Waals surface area (Å²) >= 11 is 0. The number of anilines is 1. The van der Waals surface area contributed by atoms with Gasteiger partial charge in [-0.2, -0.15) is 13.2 Å². The first-order valence-corrected chi connectivity index (χ1v) is 6.98. The molecule has 0 saturated carbocycles. The van der Waals surface area contributed by atoms with Crippen molar-refractivity contribution in [2.75, 3.05) is 5.32 Å². The largest absolute Gasteiger partial charge is 0.478 e. The van der Waals surface area contributed by atoms with E-state index in [4.69, 9.17) is 9.52 Å². The Kier molecular flexibility index (Phi) is 4.68. The standard InChI is InChI=1S/C16H14F3NO4/c1-3-12-10(15(22)23)7-13(24-12)14(21)20-9-5-4-8(2)11(6-9)16(17,18)19/h4-7H,3H2,1-2H3,(H,20,21)(H,22,23). The van der Waals surface area contributed by atoms with Crippen LogP contribution in [0.15, 0.2) is 28.7 Å². The minimum atomic E-state index is -4.54. The molecule has 8 heteroatoms. The fraction of sp³-hybridized carbons (Fsp3) is 0.250. The number of halogens is 3. The van der Waals surface area contributed by atoms with Gasteiger partial charge >= 0.3 is 12.1 Å². The molecular formula is C16H14F3NO4. The number of furan rings is 1. The highest BCUT2D eigenvalue weighted by Gasteiger charge is 2.32. The van der Waals surface area contributed by atoms with E-state index >= 15 is 0 Å². The van der Waals surface area contributed by atoms with Gasteiger partial charge in [0.1, 0.15) is 11.3 Å². The smallest absolute Gasteiger partial charge is 0.416 e. The molecule has 2 N–H and O–H groups in total. The van der Waals surface area contributed by atoms with Crippen LogP contribution in [0, 0.1) is 6.92 Å². The van der Waals surface area contributed by atoms with E-state index in [-0.39, 0.29) is 34.8 Å². The molecule has 0 unspecified atom stereocenters. The highest BCUT2D eigenvalue weighted by atomic mass is 19.4. The number of aryl methyl sites for hydroxylation is 2. The zero-order valence-electron chi connectivity index (χ0n) is 12.8. The highest BCUT2D eigenvalue weighted by Crippen LogP contribution is 2.33. The molecule has 1 heterocycles. The van der Waals surface area contributed by atoms with Gasteiger partial charge in [0.2, 0.25) is 0 Å². The van der Waals surface area contributed by atoms with Crippen LogP contribution in [0.3, 0.4) is 0 Å². The number of nitrogens with one attached hydrogen (secondary N) is 1. The number of carbonyl (C=O) groups is 2. The minimum Gasteiger partial charge on any atom is -0.478 e. The van der Waals surface area contributed by atoms with Crippen molar-refractivity contribution < 1.29 is 32.3 Å². The molecule has 0 aliphatic rings. The molecule has 0 radical (unpaired) electrons. The van der Waals surface area contributed by atoms with Crippen LogP contribution in [0.1, 0.15) is 44.7 Å². The number of carbonyl (C=O) groups excluding carboxylic acids is 1. The van der Waals surface area contributed by atoms with Crippen molar-refractivity contribution in [1.29, 1.82) is 0 Å². The summed E-state index contributed by atoms with van der Waals surface area (Å²) in [6.07, 6.45) is -4.28. The summed E-state index contributed by atoms with van der Waals surface area (Å²) in [5.41, 5.74) is -1.05. The summed E-state index contributed by atoms with van der Waals surface area (Å²) in [6, 6.07) is 4.43. The van der Waals surface area contributed by atoms with Crippen LogP contribution in [-0.4, -0.2) is 17.0 Å². The molecule has 2 rings (SSSR count). The lowest BCUT2D eigenvalue weighted by Gasteiger charge is -2.12. The van der Waals surface area contributed by atoms with Gasteiger partial charge in [-0.1, -0.05) is 13.0 Å². The molecule has 0 fully saturated rings. The Balaban J connectivity index is 2.29. The molecule has 0 bridgehead atoms. The monoisotopic (exact) mass is 341 g/mol. The second-order valence-corrected chi connectivity index (χ2v) is 5.09. The first kappa shape index (κ1) is 17.6.